The maximum atomic E-state index is 13.9. The van der Waals surface area contributed by atoms with E-state index in [0.717, 1.165) is 28.3 Å². The summed E-state index contributed by atoms with van der Waals surface area (Å²) in [6, 6.07) is 13.6. The van der Waals surface area contributed by atoms with E-state index in [1.165, 1.54) is 17.4 Å². The van der Waals surface area contributed by atoms with Gasteiger partial charge < -0.3 is 9.13 Å². The third kappa shape index (κ3) is 4.12. The van der Waals surface area contributed by atoms with E-state index in [4.69, 9.17) is 4.98 Å². The third-order valence-electron chi connectivity index (χ3n) is 7.16. The molecule has 0 unspecified atom stereocenters. The highest BCUT2D eigenvalue weighted by atomic mass is 16.1. The number of hydrogen-bond donors (Lipinski definition) is 0. The lowest BCUT2D eigenvalue weighted by Crippen LogP contribution is -2.20. The van der Waals surface area contributed by atoms with Gasteiger partial charge in [-0.15, -0.1) is 0 Å². The van der Waals surface area contributed by atoms with E-state index in [1.807, 2.05) is 65.8 Å². The van der Waals surface area contributed by atoms with Crippen molar-refractivity contribution in [3.63, 3.8) is 0 Å². The van der Waals surface area contributed by atoms with E-state index < -0.39 is 0 Å². The van der Waals surface area contributed by atoms with Crippen molar-refractivity contribution < 1.29 is 0 Å². The van der Waals surface area contributed by atoms with Gasteiger partial charge in [-0.1, -0.05) is 12.1 Å². The highest BCUT2D eigenvalue weighted by Crippen LogP contribution is 2.39. The Kier molecular flexibility index (Phi) is 5.43. The van der Waals surface area contributed by atoms with Gasteiger partial charge in [-0.3, -0.25) is 14.3 Å². The van der Waals surface area contributed by atoms with Gasteiger partial charge in [0.2, 0.25) is 0 Å². The molecule has 0 N–H and O–H groups in total. The van der Waals surface area contributed by atoms with E-state index in [2.05, 4.69) is 44.5 Å². The van der Waals surface area contributed by atoms with Gasteiger partial charge in [-0.25, -0.2) is 19.9 Å². The molecule has 0 saturated heterocycles. The molecular weight excluding hydrogens is 488 g/mol. The van der Waals surface area contributed by atoms with Crippen molar-refractivity contribution in [2.45, 2.75) is 38.6 Å². The normalized spacial score (nSPS) is 13.4. The van der Waals surface area contributed by atoms with Gasteiger partial charge in [-0.2, -0.15) is 0 Å². The summed E-state index contributed by atoms with van der Waals surface area (Å²) in [7, 11) is 0. The molecule has 9 heteroatoms. The van der Waals surface area contributed by atoms with E-state index in [1.54, 1.807) is 18.7 Å². The van der Waals surface area contributed by atoms with E-state index in [-0.39, 0.29) is 11.6 Å². The van der Waals surface area contributed by atoms with Crippen LogP contribution in [-0.2, 0) is 0 Å². The molecular formula is C30H26N8O. The van der Waals surface area contributed by atoms with Crippen molar-refractivity contribution in [2.75, 3.05) is 0 Å². The molecule has 6 aromatic rings. The minimum atomic E-state index is -0.196. The Morgan fingerprint density at radius 2 is 1.87 bits per heavy atom. The highest BCUT2D eigenvalue weighted by molar-refractivity contribution is 5.89. The number of benzene rings is 1. The second-order valence-electron chi connectivity index (χ2n) is 10.2. The first-order valence-corrected chi connectivity index (χ1v) is 13.1. The van der Waals surface area contributed by atoms with Crippen LogP contribution in [0.5, 0.6) is 0 Å². The van der Waals surface area contributed by atoms with Gasteiger partial charge in [-0.05, 0) is 57.0 Å². The van der Waals surface area contributed by atoms with Gasteiger partial charge in [0.05, 0.1) is 28.6 Å². The number of fused-ring (bicyclic) bond motifs is 1. The molecule has 0 radical (unpaired) electrons. The SMILES string of the molecule is CC(C)n1ccnc1-c1cccc(-n2cnc3cc(-c4cccnc4)c(-n4cnc(C5CC5)c4)cc3c2=O)n1. The summed E-state index contributed by atoms with van der Waals surface area (Å²) in [6.07, 6.45) is 15.0. The topological polar surface area (TPSA) is 96.3 Å². The van der Waals surface area contributed by atoms with Gasteiger partial charge in [0.1, 0.15) is 17.8 Å². The van der Waals surface area contributed by atoms with Gasteiger partial charge in [0, 0.05) is 54.1 Å². The summed E-state index contributed by atoms with van der Waals surface area (Å²) < 4.78 is 5.54. The molecule has 1 aliphatic carbocycles. The van der Waals surface area contributed by atoms with Crippen LogP contribution in [-0.4, -0.2) is 38.6 Å². The zero-order valence-electron chi connectivity index (χ0n) is 21.6. The Balaban J connectivity index is 1.39. The van der Waals surface area contributed by atoms with Gasteiger partial charge in [0.25, 0.3) is 5.56 Å². The first-order valence-electron chi connectivity index (χ1n) is 13.1. The number of aromatic nitrogens is 8. The molecule has 39 heavy (non-hydrogen) atoms. The first kappa shape index (κ1) is 23.2. The quantitative estimate of drug-likeness (QED) is 0.297. The second-order valence-corrected chi connectivity index (χ2v) is 10.2. The summed E-state index contributed by atoms with van der Waals surface area (Å²) in [5, 5.41) is 0.498. The average Bonchev–Trinajstić information content (AvgIpc) is 3.48. The van der Waals surface area contributed by atoms with Crippen LogP contribution < -0.4 is 5.56 Å². The number of imidazole rings is 2. The molecule has 1 aromatic carbocycles. The third-order valence-corrected chi connectivity index (χ3v) is 7.16. The largest absolute Gasteiger partial charge is 0.327 e. The minimum absolute atomic E-state index is 0.196. The van der Waals surface area contributed by atoms with E-state index in [0.29, 0.717) is 28.3 Å². The summed E-state index contributed by atoms with van der Waals surface area (Å²) in [5.41, 5.74) is 4.91. The van der Waals surface area contributed by atoms with Crippen molar-refractivity contribution in [1.29, 1.82) is 0 Å². The minimum Gasteiger partial charge on any atom is -0.327 e. The zero-order valence-corrected chi connectivity index (χ0v) is 21.6. The van der Waals surface area contributed by atoms with Crippen molar-refractivity contribution in [3.05, 3.63) is 102 Å². The van der Waals surface area contributed by atoms with Crippen molar-refractivity contribution in [1.82, 2.24) is 38.6 Å². The van der Waals surface area contributed by atoms with Gasteiger partial charge in [0.15, 0.2) is 5.82 Å². The summed E-state index contributed by atoms with van der Waals surface area (Å²) in [5.74, 6) is 1.77. The smallest absolute Gasteiger partial charge is 0.267 e. The molecule has 7 rings (SSSR count). The van der Waals surface area contributed by atoms with Crippen molar-refractivity contribution >= 4 is 10.9 Å². The Labute approximate surface area is 224 Å². The Morgan fingerprint density at radius 3 is 2.67 bits per heavy atom. The fourth-order valence-corrected chi connectivity index (χ4v) is 4.96. The van der Waals surface area contributed by atoms with Crippen molar-refractivity contribution in [2.24, 2.45) is 0 Å². The standard InChI is InChI=1S/C30H26N8O/c1-19(2)37-12-11-32-29(37)24-6-3-7-28(35-24)38-18-34-25-13-22(21-5-4-10-31-15-21)27(14-23(25)30(38)39)36-16-26(33-17-36)20-8-9-20/h3-7,10-20H,8-9H2,1-2H3. The molecule has 1 aliphatic rings. The van der Waals surface area contributed by atoms with Crippen molar-refractivity contribution in [3.8, 4) is 34.2 Å². The highest BCUT2D eigenvalue weighted by Gasteiger charge is 2.26. The number of hydrogen-bond acceptors (Lipinski definition) is 6. The Bertz CT molecular complexity index is 1880. The number of nitrogens with zero attached hydrogens (tertiary/aromatic N) is 8. The second kappa shape index (κ2) is 9.13. The molecule has 9 nitrogen and oxygen atoms in total. The van der Waals surface area contributed by atoms with Crippen LogP contribution in [0.15, 0.2) is 90.9 Å². The number of pyridine rings is 2. The van der Waals surface area contributed by atoms with E-state index >= 15 is 0 Å². The van der Waals surface area contributed by atoms with Crippen LogP contribution in [0, 0.1) is 0 Å². The van der Waals surface area contributed by atoms with Crippen LogP contribution in [0.3, 0.4) is 0 Å². The molecule has 5 heterocycles. The van der Waals surface area contributed by atoms with Crippen LogP contribution >= 0.6 is 0 Å². The lowest BCUT2D eigenvalue weighted by atomic mass is 10.0. The molecule has 0 spiro atoms. The fourth-order valence-electron chi connectivity index (χ4n) is 4.96. The summed E-state index contributed by atoms with van der Waals surface area (Å²) in [4.78, 5) is 36.8. The fraction of sp³-hybridized carbons (Fsp3) is 0.200. The Morgan fingerprint density at radius 1 is 0.974 bits per heavy atom. The van der Waals surface area contributed by atoms with Crippen LogP contribution in [0.25, 0.3) is 45.1 Å². The Hall–Kier alpha value is -4.92. The van der Waals surface area contributed by atoms with E-state index in [9.17, 15) is 4.79 Å². The summed E-state index contributed by atoms with van der Waals surface area (Å²) >= 11 is 0. The molecule has 1 saturated carbocycles. The molecule has 1 fully saturated rings. The van der Waals surface area contributed by atoms with Crippen LogP contribution in [0.1, 0.15) is 44.3 Å². The monoisotopic (exact) mass is 514 g/mol. The van der Waals surface area contributed by atoms with Gasteiger partial charge >= 0.3 is 0 Å². The molecule has 0 aliphatic heterocycles. The number of rotatable bonds is 6. The molecule has 0 amide bonds. The predicted octanol–water partition coefficient (Wildman–Crippen LogP) is 5.35. The zero-order chi connectivity index (χ0) is 26.5. The molecule has 192 valence electrons. The summed E-state index contributed by atoms with van der Waals surface area (Å²) in [6.45, 7) is 4.19. The predicted molar refractivity (Wildman–Crippen MR) is 149 cm³/mol. The molecule has 5 aromatic heterocycles. The lowest BCUT2D eigenvalue weighted by molar-refractivity contribution is 0.605. The maximum absolute atomic E-state index is 13.9. The molecule has 0 bridgehead atoms. The molecule has 0 atom stereocenters. The first-order chi connectivity index (χ1) is 19.1. The average molecular weight is 515 g/mol. The lowest BCUT2D eigenvalue weighted by Gasteiger charge is -2.14. The van der Waals surface area contributed by atoms with Crippen LogP contribution in [0.4, 0.5) is 0 Å². The van der Waals surface area contributed by atoms with Crippen LogP contribution in [0.2, 0.25) is 0 Å². The maximum Gasteiger partial charge on any atom is 0.267 e.